The van der Waals surface area contributed by atoms with Gasteiger partial charge in [-0.3, -0.25) is 0 Å². The van der Waals surface area contributed by atoms with E-state index in [0.717, 1.165) is 25.7 Å². The van der Waals surface area contributed by atoms with E-state index in [1.165, 1.54) is 28.6 Å². The van der Waals surface area contributed by atoms with Gasteiger partial charge in [-0.15, -0.1) is 0 Å². The second-order valence-corrected chi connectivity index (χ2v) is 9.52. The average Bonchev–Trinajstić information content (AvgIpc) is 2.46. The predicted molar refractivity (Wildman–Crippen MR) is 88.1 cm³/mol. The molecule has 0 aliphatic heterocycles. The molecular weight excluding hydrogens is 346 g/mol. The summed E-state index contributed by atoms with van der Waals surface area (Å²) in [4.78, 5) is -0.0226. The molecule has 1 aromatic rings. The lowest BCUT2D eigenvalue weighted by molar-refractivity contribution is 0.395. The number of nitrogens with zero attached hydrogens (tertiary/aromatic N) is 1. The molecule has 0 spiro atoms. The first-order valence-electron chi connectivity index (χ1n) is 7.28. The Balaban J connectivity index is 3.07. The first-order chi connectivity index (χ1) is 10.2. The normalized spacial score (nSPS) is 12.7. The summed E-state index contributed by atoms with van der Waals surface area (Å²) >= 11 is 0. The second-order valence-electron chi connectivity index (χ2n) is 5.02. The maximum atomic E-state index is 12.6. The highest BCUT2D eigenvalue weighted by Crippen LogP contribution is 2.21. The summed E-state index contributed by atoms with van der Waals surface area (Å²) in [6, 6.07) is 5.01. The lowest BCUT2D eigenvalue weighted by atomic mass is 10.3. The number of unbranched alkanes of at least 4 members (excludes halogenated alkanes) is 2. The third-order valence-electron chi connectivity index (χ3n) is 3.27. The smallest absolute Gasteiger partial charge is 0.207 e. The molecule has 8 heteroatoms. The summed E-state index contributed by atoms with van der Waals surface area (Å²) in [7, 11) is -2.23. The van der Waals surface area contributed by atoms with E-state index in [4.69, 9.17) is 10.7 Å². The summed E-state index contributed by atoms with van der Waals surface area (Å²) in [5.41, 5.74) is 0. The van der Waals surface area contributed by atoms with Gasteiger partial charge in [0.1, 0.15) is 0 Å². The lowest BCUT2D eigenvalue weighted by Crippen LogP contribution is -2.33. The van der Waals surface area contributed by atoms with Gasteiger partial charge >= 0.3 is 0 Å². The molecule has 0 atom stereocenters. The van der Waals surface area contributed by atoms with Crippen molar-refractivity contribution in [3.8, 4) is 0 Å². The molecule has 0 N–H and O–H groups in total. The van der Waals surface area contributed by atoms with E-state index in [1.807, 2.05) is 13.8 Å². The molecule has 0 amide bonds. The Kier molecular flexibility index (Phi) is 7.31. The van der Waals surface area contributed by atoms with Crippen molar-refractivity contribution in [1.29, 1.82) is 0 Å². The fourth-order valence-electron chi connectivity index (χ4n) is 1.94. The third-order valence-corrected chi connectivity index (χ3v) is 6.55. The Hall–Kier alpha value is -0.630. The zero-order valence-corrected chi connectivity index (χ0v) is 15.2. The quantitative estimate of drug-likeness (QED) is 0.628. The van der Waals surface area contributed by atoms with E-state index in [0.29, 0.717) is 13.1 Å². The number of hydrogen-bond acceptors (Lipinski definition) is 4. The van der Waals surface area contributed by atoms with Crippen LogP contribution in [0.1, 0.15) is 39.5 Å². The van der Waals surface area contributed by atoms with Crippen LogP contribution in [0.25, 0.3) is 0 Å². The summed E-state index contributed by atoms with van der Waals surface area (Å²) in [6.45, 7) is 4.94. The number of benzene rings is 1. The van der Waals surface area contributed by atoms with Crippen molar-refractivity contribution in [2.45, 2.75) is 49.3 Å². The van der Waals surface area contributed by atoms with Crippen molar-refractivity contribution >= 4 is 29.8 Å². The van der Waals surface area contributed by atoms with Crippen LogP contribution in [0.15, 0.2) is 34.1 Å². The minimum Gasteiger partial charge on any atom is -0.207 e. The van der Waals surface area contributed by atoms with Gasteiger partial charge in [-0.2, -0.15) is 4.31 Å². The molecule has 0 fully saturated rings. The van der Waals surface area contributed by atoms with Crippen molar-refractivity contribution in [2.24, 2.45) is 0 Å². The van der Waals surface area contributed by atoms with Crippen LogP contribution in [0.5, 0.6) is 0 Å². The highest BCUT2D eigenvalue weighted by Gasteiger charge is 2.24. The topological polar surface area (TPSA) is 71.5 Å². The van der Waals surface area contributed by atoms with Crippen LogP contribution in [0.4, 0.5) is 0 Å². The van der Waals surface area contributed by atoms with E-state index >= 15 is 0 Å². The zero-order chi connectivity index (χ0) is 16.8. The molecule has 0 saturated heterocycles. The van der Waals surface area contributed by atoms with E-state index in [-0.39, 0.29) is 9.79 Å². The molecule has 0 bridgehead atoms. The molecule has 0 aliphatic carbocycles. The van der Waals surface area contributed by atoms with Crippen LogP contribution in [-0.4, -0.2) is 34.2 Å². The molecule has 1 rings (SSSR count). The standard InChI is InChI=1S/C14H22ClNO4S2/c1-3-5-11-16(12-6-4-2)22(19,20)14-9-7-13(8-10-14)21(15,17)18/h7-10H,3-6,11-12H2,1-2H3. The highest BCUT2D eigenvalue weighted by molar-refractivity contribution is 8.13. The summed E-state index contributed by atoms with van der Waals surface area (Å²) < 4.78 is 49.2. The van der Waals surface area contributed by atoms with Gasteiger partial charge in [-0.05, 0) is 37.1 Å². The van der Waals surface area contributed by atoms with Crippen LogP contribution >= 0.6 is 10.7 Å². The monoisotopic (exact) mass is 367 g/mol. The molecular formula is C14H22ClNO4S2. The van der Waals surface area contributed by atoms with Crippen LogP contribution in [0, 0.1) is 0 Å². The predicted octanol–water partition coefficient (Wildman–Crippen LogP) is 3.21. The van der Waals surface area contributed by atoms with Crippen molar-refractivity contribution in [2.75, 3.05) is 13.1 Å². The third kappa shape index (κ3) is 5.22. The minimum absolute atomic E-state index is 0.0868. The second kappa shape index (κ2) is 8.29. The van der Waals surface area contributed by atoms with Crippen molar-refractivity contribution < 1.29 is 16.8 Å². The molecule has 126 valence electrons. The summed E-state index contributed by atoms with van der Waals surface area (Å²) in [6.07, 6.45) is 3.39. The Bertz CT molecular complexity index is 661. The van der Waals surface area contributed by atoms with E-state index < -0.39 is 19.1 Å². The minimum atomic E-state index is -3.85. The summed E-state index contributed by atoms with van der Waals surface area (Å²) in [5, 5.41) is 0. The van der Waals surface area contributed by atoms with Gasteiger partial charge in [-0.1, -0.05) is 26.7 Å². The van der Waals surface area contributed by atoms with Crippen molar-refractivity contribution in [3.05, 3.63) is 24.3 Å². The zero-order valence-electron chi connectivity index (χ0n) is 12.8. The van der Waals surface area contributed by atoms with Gasteiger partial charge < -0.3 is 0 Å². The fourth-order valence-corrected chi connectivity index (χ4v) is 4.23. The first-order valence-corrected chi connectivity index (χ1v) is 11.0. The number of halogens is 1. The number of sulfonamides is 1. The van der Waals surface area contributed by atoms with Crippen molar-refractivity contribution in [1.82, 2.24) is 4.31 Å². The maximum absolute atomic E-state index is 12.6. The molecule has 1 aromatic carbocycles. The number of rotatable bonds is 9. The molecule has 0 radical (unpaired) electrons. The highest BCUT2D eigenvalue weighted by atomic mass is 35.7. The van der Waals surface area contributed by atoms with Gasteiger partial charge in [0.15, 0.2) is 0 Å². The SMILES string of the molecule is CCCCN(CCCC)S(=O)(=O)c1ccc(S(=O)(=O)Cl)cc1. The Morgan fingerprint density at radius 1 is 0.864 bits per heavy atom. The van der Waals surface area contributed by atoms with Gasteiger partial charge in [0.2, 0.25) is 10.0 Å². The lowest BCUT2D eigenvalue weighted by Gasteiger charge is -2.22. The van der Waals surface area contributed by atoms with Gasteiger partial charge in [0.25, 0.3) is 9.05 Å². The van der Waals surface area contributed by atoms with Gasteiger partial charge in [-0.25, -0.2) is 16.8 Å². The Morgan fingerprint density at radius 2 is 1.27 bits per heavy atom. The van der Waals surface area contributed by atoms with Gasteiger partial charge in [0, 0.05) is 23.8 Å². The van der Waals surface area contributed by atoms with E-state index in [1.54, 1.807) is 0 Å². The average molecular weight is 368 g/mol. The summed E-state index contributed by atoms with van der Waals surface area (Å²) in [5.74, 6) is 0. The largest absolute Gasteiger partial charge is 0.261 e. The Labute approximate surface area is 137 Å². The van der Waals surface area contributed by atoms with Crippen LogP contribution < -0.4 is 0 Å². The van der Waals surface area contributed by atoms with Gasteiger partial charge in [0.05, 0.1) is 9.79 Å². The van der Waals surface area contributed by atoms with E-state index in [2.05, 4.69) is 0 Å². The molecule has 5 nitrogen and oxygen atoms in total. The Morgan fingerprint density at radius 3 is 1.64 bits per heavy atom. The molecule has 0 aromatic heterocycles. The molecule has 0 saturated carbocycles. The molecule has 0 heterocycles. The van der Waals surface area contributed by atoms with Crippen LogP contribution in [0.3, 0.4) is 0 Å². The van der Waals surface area contributed by atoms with E-state index in [9.17, 15) is 16.8 Å². The van der Waals surface area contributed by atoms with Crippen LogP contribution in [-0.2, 0) is 19.1 Å². The molecule has 0 aliphatic rings. The molecule has 22 heavy (non-hydrogen) atoms. The van der Waals surface area contributed by atoms with Crippen molar-refractivity contribution in [3.63, 3.8) is 0 Å². The number of hydrogen-bond donors (Lipinski definition) is 0. The maximum Gasteiger partial charge on any atom is 0.261 e. The first kappa shape index (κ1) is 19.4. The fraction of sp³-hybridized carbons (Fsp3) is 0.571. The van der Waals surface area contributed by atoms with Crippen LogP contribution in [0.2, 0.25) is 0 Å². The molecule has 0 unspecified atom stereocenters.